The van der Waals surface area contributed by atoms with Crippen molar-refractivity contribution in [2.75, 3.05) is 31.1 Å². The first-order chi connectivity index (χ1) is 7.27. The summed E-state index contributed by atoms with van der Waals surface area (Å²) in [5.41, 5.74) is 1.82. The first-order valence-corrected chi connectivity index (χ1v) is 5.87. The van der Waals surface area contributed by atoms with Gasteiger partial charge in [-0.1, -0.05) is 17.7 Å². The molecule has 0 atom stereocenters. The molecule has 2 aliphatic heterocycles. The van der Waals surface area contributed by atoms with E-state index in [4.69, 9.17) is 11.6 Å². The van der Waals surface area contributed by atoms with E-state index in [0.717, 1.165) is 5.02 Å². The molecule has 0 unspecified atom stereocenters. The minimum Gasteiger partial charge on any atom is -0.370 e. The minimum absolute atomic E-state index is 0.558. The Balaban J connectivity index is 1.72. The van der Waals surface area contributed by atoms with Crippen LogP contribution in [0.25, 0.3) is 0 Å². The summed E-state index contributed by atoms with van der Waals surface area (Å²) < 4.78 is 0. The molecule has 2 fully saturated rings. The van der Waals surface area contributed by atoms with E-state index in [1.165, 1.54) is 38.3 Å². The zero-order chi connectivity index (χ0) is 10.3. The lowest BCUT2D eigenvalue weighted by Crippen LogP contribution is -2.57. The summed E-state index contributed by atoms with van der Waals surface area (Å²) >= 11 is 5.98. The van der Waals surface area contributed by atoms with Crippen LogP contribution in [0.3, 0.4) is 0 Å². The van der Waals surface area contributed by atoms with E-state index >= 15 is 0 Å². The van der Waals surface area contributed by atoms with Gasteiger partial charge < -0.3 is 10.2 Å². The molecule has 0 bridgehead atoms. The van der Waals surface area contributed by atoms with Crippen LogP contribution in [-0.2, 0) is 0 Å². The predicted octanol–water partition coefficient (Wildman–Crippen LogP) is 2.14. The van der Waals surface area contributed by atoms with Gasteiger partial charge in [0.05, 0.1) is 0 Å². The van der Waals surface area contributed by atoms with Crippen LogP contribution in [0.4, 0.5) is 5.69 Å². The molecule has 2 heterocycles. The molecule has 0 aromatic heterocycles. The fourth-order valence-electron chi connectivity index (χ4n) is 2.68. The number of rotatable bonds is 1. The second-order valence-electron chi connectivity index (χ2n) is 4.76. The van der Waals surface area contributed by atoms with Gasteiger partial charge in [0.15, 0.2) is 0 Å². The molecule has 80 valence electrons. The zero-order valence-corrected chi connectivity index (χ0v) is 9.43. The summed E-state index contributed by atoms with van der Waals surface area (Å²) in [5, 5.41) is 4.28. The van der Waals surface area contributed by atoms with Crippen molar-refractivity contribution in [2.45, 2.75) is 6.42 Å². The maximum absolute atomic E-state index is 5.98. The molecule has 0 radical (unpaired) electrons. The molecular weight excluding hydrogens is 208 g/mol. The second-order valence-corrected chi connectivity index (χ2v) is 5.20. The van der Waals surface area contributed by atoms with Crippen molar-refractivity contribution >= 4 is 17.3 Å². The third-order valence-corrected chi connectivity index (χ3v) is 3.79. The Morgan fingerprint density at radius 2 is 2.20 bits per heavy atom. The lowest BCUT2D eigenvalue weighted by atomic mass is 9.79. The average molecular weight is 223 g/mol. The van der Waals surface area contributed by atoms with Crippen molar-refractivity contribution in [1.82, 2.24) is 5.32 Å². The number of benzene rings is 1. The summed E-state index contributed by atoms with van der Waals surface area (Å²) in [6, 6.07) is 8.14. The summed E-state index contributed by atoms with van der Waals surface area (Å²) in [6.45, 7) is 4.73. The van der Waals surface area contributed by atoms with E-state index in [1.54, 1.807) is 0 Å². The van der Waals surface area contributed by atoms with E-state index in [1.807, 2.05) is 12.1 Å². The molecule has 1 spiro atoms. The highest BCUT2D eigenvalue weighted by Gasteiger charge is 2.44. The van der Waals surface area contributed by atoms with Gasteiger partial charge in [0.2, 0.25) is 0 Å². The molecule has 0 saturated carbocycles. The molecule has 2 aliphatic rings. The average Bonchev–Trinajstić information content (AvgIpc) is 2.64. The summed E-state index contributed by atoms with van der Waals surface area (Å²) in [6.07, 6.45) is 1.32. The smallest absolute Gasteiger partial charge is 0.0426 e. The third-order valence-electron chi connectivity index (χ3n) is 3.56. The third kappa shape index (κ3) is 1.62. The Bertz CT molecular complexity index is 364. The molecule has 2 saturated heterocycles. The molecule has 0 amide bonds. The minimum atomic E-state index is 0.558. The lowest BCUT2D eigenvalue weighted by Gasteiger charge is -2.49. The lowest BCUT2D eigenvalue weighted by molar-refractivity contribution is 0.243. The van der Waals surface area contributed by atoms with Crippen molar-refractivity contribution in [3.05, 3.63) is 29.3 Å². The molecule has 2 nitrogen and oxygen atoms in total. The molecule has 3 rings (SSSR count). The Morgan fingerprint density at radius 3 is 2.87 bits per heavy atom. The van der Waals surface area contributed by atoms with Crippen LogP contribution in [0.5, 0.6) is 0 Å². The van der Waals surface area contributed by atoms with Gasteiger partial charge in [0, 0.05) is 35.8 Å². The first kappa shape index (κ1) is 9.49. The molecular formula is C12H15ClN2. The Kier molecular flexibility index (Phi) is 2.15. The number of halogens is 1. The maximum Gasteiger partial charge on any atom is 0.0426 e. The normalized spacial score (nSPS) is 23.1. The van der Waals surface area contributed by atoms with Gasteiger partial charge in [-0.2, -0.15) is 0 Å². The van der Waals surface area contributed by atoms with Gasteiger partial charge in [0.1, 0.15) is 0 Å². The van der Waals surface area contributed by atoms with E-state index in [0.29, 0.717) is 5.41 Å². The largest absolute Gasteiger partial charge is 0.370 e. The van der Waals surface area contributed by atoms with Crippen LogP contribution in [-0.4, -0.2) is 26.2 Å². The number of nitrogens with one attached hydrogen (secondary N) is 1. The van der Waals surface area contributed by atoms with Gasteiger partial charge in [-0.25, -0.2) is 0 Å². The van der Waals surface area contributed by atoms with Crippen LogP contribution in [0.1, 0.15) is 6.42 Å². The van der Waals surface area contributed by atoms with Gasteiger partial charge >= 0.3 is 0 Å². The number of hydrogen-bond acceptors (Lipinski definition) is 2. The highest BCUT2D eigenvalue weighted by atomic mass is 35.5. The first-order valence-electron chi connectivity index (χ1n) is 5.49. The SMILES string of the molecule is Clc1cccc(N2CC3(CCNC3)C2)c1. The fourth-order valence-corrected chi connectivity index (χ4v) is 2.87. The molecule has 0 aliphatic carbocycles. The summed E-state index contributed by atoms with van der Waals surface area (Å²) in [5.74, 6) is 0. The van der Waals surface area contributed by atoms with Crippen LogP contribution in [0.15, 0.2) is 24.3 Å². The maximum atomic E-state index is 5.98. The molecule has 1 N–H and O–H groups in total. The number of anilines is 1. The summed E-state index contributed by atoms with van der Waals surface area (Å²) in [7, 11) is 0. The van der Waals surface area contributed by atoms with Crippen molar-refractivity contribution in [2.24, 2.45) is 5.41 Å². The van der Waals surface area contributed by atoms with Crippen LogP contribution in [0, 0.1) is 5.41 Å². The highest BCUT2D eigenvalue weighted by Crippen LogP contribution is 2.39. The molecule has 1 aromatic rings. The topological polar surface area (TPSA) is 15.3 Å². The Labute approximate surface area is 95.2 Å². The second kappa shape index (κ2) is 3.39. The molecule has 3 heteroatoms. The Morgan fingerprint density at radius 1 is 1.33 bits per heavy atom. The van der Waals surface area contributed by atoms with Crippen molar-refractivity contribution in [3.8, 4) is 0 Å². The predicted molar refractivity (Wildman–Crippen MR) is 63.6 cm³/mol. The van der Waals surface area contributed by atoms with Crippen molar-refractivity contribution in [3.63, 3.8) is 0 Å². The van der Waals surface area contributed by atoms with Gasteiger partial charge in [0.25, 0.3) is 0 Å². The van der Waals surface area contributed by atoms with Gasteiger partial charge in [-0.3, -0.25) is 0 Å². The molecule has 1 aromatic carbocycles. The van der Waals surface area contributed by atoms with E-state index in [-0.39, 0.29) is 0 Å². The van der Waals surface area contributed by atoms with Crippen LogP contribution in [0.2, 0.25) is 5.02 Å². The van der Waals surface area contributed by atoms with Crippen LogP contribution < -0.4 is 10.2 Å². The monoisotopic (exact) mass is 222 g/mol. The van der Waals surface area contributed by atoms with E-state index in [2.05, 4.69) is 22.3 Å². The van der Waals surface area contributed by atoms with Crippen molar-refractivity contribution in [1.29, 1.82) is 0 Å². The van der Waals surface area contributed by atoms with Gasteiger partial charge in [-0.15, -0.1) is 0 Å². The van der Waals surface area contributed by atoms with Crippen LogP contribution >= 0.6 is 11.6 Å². The zero-order valence-electron chi connectivity index (χ0n) is 8.67. The van der Waals surface area contributed by atoms with Gasteiger partial charge in [-0.05, 0) is 31.2 Å². The van der Waals surface area contributed by atoms with E-state index in [9.17, 15) is 0 Å². The number of hydrogen-bond donors (Lipinski definition) is 1. The molecule has 15 heavy (non-hydrogen) atoms. The van der Waals surface area contributed by atoms with E-state index < -0.39 is 0 Å². The number of nitrogens with zero attached hydrogens (tertiary/aromatic N) is 1. The standard InChI is InChI=1S/C12H15ClN2/c13-10-2-1-3-11(6-10)15-8-12(9-15)4-5-14-7-12/h1-3,6,14H,4-5,7-9H2. The fraction of sp³-hybridized carbons (Fsp3) is 0.500. The summed E-state index contributed by atoms with van der Waals surface area (Å²) in [4.78, 5) is 2.42. The Hall–Kier alpha value is -0.730. The quantitative estimate of drug-likeness (QED) is 0.784. The van der Waals surface area contributed by atoms with Crippen molar-refractivity contribution < 1.29 is 0 Å². The highest BCUT2D eigenvalue weighted by molar-refractivity contribution is 6.30.